The van der Waals surface area contributed by atoms with Crippen LogP contribution in [0.2, 0.25) is 0 Å². The average Bonchev–Trinajstić information content (AvgIpc) is 2.58. The highest BCUT2D eigenvalue weighted by atomic mass is 79.9. The average molecular weight is 453 g/mol. The molecule has 0 amide bonds. The summed E-state index contributed by atoms with van der Waals surface area (Å²) in [6.45, 7) is 2.35. The summed E-state index contributed by atoms with van der Waals surface area (Å²) in [4.78, 5) is 0. The van der Waals surface area contributed by atoms with Crippen molar-refractivity contribution in [2.24, 2.45) is 5.10 Å². The summed E-state index contributed by atoms with van der Waals surface area (Å²) in [6, 6.07) is 13.2. The molecule has 0 atom stereocenters. The van der Waals surface area contributed by atoms with Crippen LogP contribution in [0.3, 0.4) is 0 Å². The lowest BCUT2D eigenvalue weighted by Gasteiger charge is -2.12. The number of nitrogens with zero attached hydrogens (tertiary/aromatic N) is 2. The minimum Gasteiger partial charge on any atom is -0.490 e. The number of hydrogen-bond donors (Lipinski definition) is 1. The molecule has 0 unspecified atom stereocenters. The van der Waals surface area contributed by atoms with E-state index in [1.54, 1.807) is 12.3 Å². The van der Waals surface area contributed by atoms with E-state index in [2.05, 4.69) is 42.4 Å². The minimum absolute atomic E-state index is 0.0366. The maximum atomic E-state index is 8.65. The number of hydrazone groups is 1. The Balaban J connectivity index is 2.16. The van der Waals surface area contributed by atoms with Crippen molar-refractivity contribution in [1.29, 1.82) is 5.26 Å². The summed E-state index contributed by atoms with van der Waals surface area (Å²) in [5.74, 6) is 1.09. The van der Waals surface area contributed by atoms with E-state index in [9.17, 15) is 0 Å². The first-order valence-corrected chi connectivity index (χ1v) is 8.73. The summed E-state index contributed by atoms with van der Waals surface area (Å²) in [7, 11) is 0. The summed E-state index contributed by atoms with van der Waals surface area (Å²) in [6.07, 6.45) is 1.68. The third-order valence-corrected chi connectivity index (χ3v) is 4.11. The lowest BCUT2D eigenvalue weighted by Crippen LogP contribution is -2.01. The normalized spacial score (nSPS) is 10.4. The Kier molecular flexibility index (Phi) is 7.09. The highest BCUT2D eigenvalue weighted by molar-refractivity contribution is 9.10. The number of halogens is 2. The number of anilines is 1. The van der Waals surface area contributed by atoms with Gasteiger partial charge in [-0.25, -0.2) is 0 Å². The van der Waals surface area contributed by atoms with Gasteiger partial charge in [0.1, 0.15) is 6.07 Å². The van der Waals surface area contributed by atoms with Gasteiger partial charge in [-0.05, 0) is 59.3 Å². The fourth-order valence-electron chi connectivity index (χ4n) is 1.84. The molecule has 24 heavy (non-hydrogen) atoms. The summed E-state index contributed by atoms with van der Waals surface area (Å²) >= 11 is 6.87. The molecule has 7 heteroatoms. The van der Waals surface area contributed by atoms with E-state index >= 15 is 0 Å². The van der Waals surface area contributed by atoms with Gasteiger partial charge in [-0.1, -0.05) is 15.9 Å². The Bertz CT molecular complexity index is 756. The third kappa shape index (κ3) is 5.25. The van der Waals surface area contributed by atoms with Crippen LogP contribution < -0.4 is 14.9 Å². The van der Waals surface area contributed by atoms with Crippen LogP contribution in [0.5, 0.6) is 11.5 Å². The largest absolute Gasteiger partial charge is 0.490 e. The molecule has 0 saturated carbocycles. The zero-order chi connectivity index (χ0) is 17.4. The predicted molar refractivity (Wildman–Crippen MR) is 102 cm³/mol. The van der Waals surface area contributed by atoms with E-state index in [4.69, 9.17) is 14.7 Å². The Morgan fingerprint density at radius 2 is 1.88 bits per heavy atom. The molecule has 0 saturated heterocycles. The summed E-state index contributed by atoms with van der Waals surface area (Å²) in [5.41, 5.74) is 4.67. The second kappa shape index (κ2) is 9.30. The van der Waals surface area contributed by atoms with Gasteiger partial charge in [0, 0.05) is 14.5 Å². The Morgan fingerprint density at radius 1 is 1.17 bits per heavy atom. The Morgan fingerprint density at radius 3 is 2.54 bits per heavy atom. The molecule has 0 heterocycles. The Hall–Kier alpha value is -2.04. The molecule has 124 valence electrons. The molecule has 0 radical (unpaired) electrons. The van der Waals surface area contributed by atoms with Gasteiger partial charge in [0.15, 0.2) is 18.1 Å². The van der Waals surface area contributed by atoms with Crippen molar-refractivity contribution in [3.8, 4) is 17.6 Å². The van der Waals surface area contributed by atoms with Crippen LogP contribution in [0.15, 0.2) is 50.4 Å². The molecular weight excluding hydrogens is 438 g/mol. The highest BCUT2D eigenvalue weighted by Crippen LogP contribution is 2.33. The fraction of sp³-hybridized carbons (Fsp3) is 0.176. The first-order chi connectivity index (χ1) is 11.6. The van der Waals surface area contributed by atoms with Gasteiger partial charge in [0.05, 0.1) is 18.5 Å². The lowest BCUT2D eigenvalue weighted by atomic mass is 10.2. The highest BCUT2D eigenvalue weighted by Gasteiger charge is 2.10. The molecule has 0 aliphatic heterocycles. The molecule has 0 fully saturated rings. The van der Waals surface area contributed by atoms with Crippen LogP contribution in [0.4, 0.5) is 5.69 Å². The van der Waals surface area contributed by atoms with Gasteiger partial charge in [0.25, 0.3) is 0 Å². The molecule has 2 rings (SSSR count). The molecular formula is C17H15Br2N3O2. The number of nitrogens with one attached hydrogen (secondary N) is 1. The Labute approximate surface area is 157 Å². The molecule has 5 nitrogen and oxygen atoms in total. The van der Waals surface area contributed by atoms with Crippen molar-refractivity contribution in [3.63, 3.8) is 0 Å². The standard InChI is InChI=1S/C17H15Br2N3O2/c1-2-23-16-9-12(15(19)10-17(16)24-8-7-20)11-21-22-14-5-3-13(18)4-6-14/h3-6,9-11,22H,2,8H2,1H3/b21-11+. The van der Waals surface area contributed by atoms with Crippen molar-refractivity contribution in [3.05, 3.63) is 50.9 Å². The lowest BCUT2D eigenvalue weighted by molar-refractivity contribution is 0.298. The van der Waals surface area contributed by atoms with Gasteiger partial charge >= 0.3 is 0 Å². The van der Waals surface area contributed by atoms with E-state index in [1.165, 1.54) is 0 Å². The smallest absolute Gasteiger partial charge is 0.174 e. The van der Waals surface area contributed by atoms with Crippen LogP contribution in [0.25, 0.3) is 0 Å². The van der Waals surface area contributed by atoms with Crippen molar-refractivity contribution in [2.45, 2.75) is 6.92 Å². The first-order valence-electron chi connectivity index (χ1n) is 7.14. The van der Waals surface area contributed by atoms with Crippen LogP contribution in [0, 0.1) is 11.3 Å². The topological polar surface area (TPSA) is 66.6 Å². The van der Waals surface area contributed by atoms with Gasteiger partial charge in [-0.3, -0.25) is 5.43 Å². The minimum atomic E-state index is -0.0366. The molecule has 1 N–H and O–H groups in total. The van der Waals surface area contributed by atoms with Gasteiger partial charge in [0.2, 0.25) is 0 Å². The summed E-state index contributed by atoms with van der Waals surface area (Å²) < 4.78 is 12.7. The van der Waals surface area contributed by atoms with Crippen LogP contribution in [-0.2, 0) is 0 Å². The molecule has 2 aromatic rings. The number of benzene rings is 2. The molecule has 0 aliphatic carbocycles. The van der Waals surface area contributed by atoms with Gasteiger partial charge in [-0.2, -0.15) is 10.4 Å². The van der Waals surface area contributed by atoms with Crippen molar-refractivity contribution >= 4 is 43.8 Å². The molecule has 0 spiro atoms. The zero-order valence-electron chi connectivity index (χ0n) is 12.9. The summed E-state index contributed by atoms with van der Waals surface area (Å²) in [5, 5.41) is 12.9. The van der Waals surface area contributed by atoms with E-state index in [0.717, 1.165) is 20.2 Å². The van der Waals surface area contributed by atoms with E-state index in [-0.39, 0.29) is 6.61 Å². The monoisotopic (exact) mass is 451 g/mol. The first kappa shape index (κ1) is 18.3. The van der Waals surface area contributed by atoms with Crippen LogP contribution >= 0.6 is 31.9 Å². The van der Waals surface area contributed by atoms with E-state index in [0.29, 0.717) is 18.1 Å². The maximum absolute atomic E-state index is 8.65. The van der Waals surface area contributed by atoms with E-state index < -0.39 is 0 Å². The van der Waals surface area contributed by atoms with Crippen molar-refractivity contribution < 1.29 is 9.47 Å². The third-order valence-electron chi connectivity index (χ3n) is 2.90. The maximum Gasteiger partial charge on any atom is 0.174 e. The fourth-order valence-corrected chi connectivity index (χ4v) is 2.53. The number of ether oxygens (including phenoxy) is 2. The van der Waals surface area contributed by atoms with Crippen molar-refractivity contribution in [2.75, 3.05) is 18.6 Å². The molecule has 0 aliphatic rings. The SMILES string of the molecule is CCOc1cc(/C=N/Nc2ccc(Br)cc2)c(Br)cc1OCC#N. The van der Waals surface area contributed by atoms with Gasteiger partial charge in [-0.15, -0.1) is 0 Å². The zero-order valence-corrected chi connectivity index (χ0v) is 16.1. The number of rotatable bonds is 7. The molecule has 0 bridgehead atoms. The second-order valence-corrected chi connectivity index (χ2v) is 6.35. The molecule has 2 aromatic carbocycles. The quantitative estimate of drug-likeness (QED) is 0.476. The van der Waals surface area contributed by atoms with Crippen LogP contribution in [0.1, 0.15) is 12.5 Å². The second-order valence-electron chi connectivity index (χ2n) is 4.58. The number of hydrogen-bond acceptors (Lipinski definition) is 5. The number of nitriles is 1. The van der Waals surface area contributed by atoms with E-state index in [1.807, 2.05) is 43.3 Å². The van der Waals surface area contributed by atoms with Crippen LogP contribution in [-0.4, -0.2) is 19.4 Å². The predicted octanol–water partition coefficient (Wildman–Crippen LogP) is 4.96. The molecule has 0 aromatic heterocycles. The van der Waals surface area contributed by atoms with Gasteiger partial charge < -0.3 is 9.47 Å². The van der Waals surface area contributed by atoms with Crippen molar-refractivity contribution in [1.82, 2.24) is 0 Å².